The van der Waals surface area contributed by atoms with Gasteiger partial charge in [0.25, 0.3) is 0 Å². The number of unbranched alkanes of at least 4 members (excludes halogenated alkanes) is 5. The van der Waals surface area contributed by atoms with Gasteiger partial charge in [-0.1, -0.05) is 32.1 Å². The van der Waals surface area contributed by atoms with Crippen LogP contribution < -0.4 is 10.6 Å². The van der Waals surface area contributed by atoms with Gasteiger partial charge in [0.2, 0.25) is 0 Å². The van der Waals surface area contributed by atoms with Crippen LogP contribution in [0.25, 0.3) is 0 Å². The fourth-order valence-electron chi connectivity index (χ4n) is 3.56. The third-order valence-corrected chi connectivity index (χ3v) is 5.01. The Kier molecular flexibility index (Phi) is 7.73. The molecule has 0 radical (unpaired) electrons. The van der Waals surface area contributed by atoms with Gasteiger partial charge in [0.1, 0.15) is 0 Å². The average molecular weight is 318 g/mol. The van der Waals surface area contributed by atoms with E-state index in [1.54, 1.807) is 0 Å². The molecule has 1 unspecified atom stereocenters. The smallest absolute Gasteiger partial charge is 0.0367 e. The minimum Gasteiger partial charge on any atom is -0.399 e. The molecule has 1 aromatic rings. The van der Waals surface area contributed by atoms with Gasteiger partial charge >= 0.3 is 0 Å². The highest BCUT2D eigenvalue weighted by atomic mass is 15.1. The summed E-state index contributed by atoms with van der Waals surface area (Å²) in [5.74, 6) is 0.890. The Labute approximate surface area is 142 Å². The topological polar surface area (TPSA) is 32.5 Å². The second kappa shape index (κ2) is 9.82. The summed E-state index contributed by atoms with van der Waals surface area (Å²) in [5, 5.41) is 0. The Bertz CT molecular complexity index is 427. The lowest BCUT2D eigenvalue weighted by Gasteiger charge is -2.18. The molecule has 2 N–H and O–H groups in total. The number of anilines is 2. The quantitative estimate of drug-likeness (QED) is 0.513. The molecule has 0 spiro atoms. The first-order valence-electron chi connectivity index (χ1n) is 9.40. The number of nitrogens with two attached hydrogens (primary N) is 1. The minimum absolute atomic E-state index is 0.857. The van der Waals surface area contributed by atoms with Gasteiger partial charge in [0.05, 0.1) is 0 Å². The Hall–Kier alpha value is -1.22. The van der Waals surface area contributed by atoms with Gasteiger partial charge in [-0.25, -0.2) is 0 Å². The summed E-state index contributed by atoms with van der Waals surface area (Å²) in [6.45, 7) is 3.68. The summed E-state index contributed by atoms with van der Waals surface area (Å²) >= 11 is 0. The van der Waals surface area contributed by atoms with Crippen molar-refractivity contribution in [3.05, 3.63) is 24.3 Å². The lowest BCUT2D eigenvalue weighted by Crippen LogP contribution is -2.19. The fourth-order valence-corrected chi connectivity index (χ4v) is 3.56. The number of rotatable bonds is 10. The summed E-state index contributed by atoms with van der Waals surface area (Å²) in [6, 6.07) is 8.34. The molecule has 1 aliphatic rings. The van der Waals surface area contributed by atoms with Crippen LogP contribution in [0.2, 0.25) is 0 Å². The van der Waals surface area contributed by atoms with E-state index >= 15 is 0 Å². The van der Waals surface area contributed by atoms with Crippen molar-refractivity contribution in [3.8, 4) is 0 Å². The average Bonchev–Trinajstić information content (AvgIpc) is 2.99. The SMILES string of the molecule is CN(C)CCCCCCCCC1CCN(c2ccc(N)cc2)C1. The van der Waals surface area contributed by atoms with E-state index in [0.29, 0.717) is 0 Å². The van der Waals surface area contributed by atoms with E-state index in [1.165, 1.54) is 76.7 Å². The molecule has 1 aromatic carbocycles. The molecule has 3 heteroatoms. The molecule has 1 saturated heterocycles. The maximum absolute atomic E-state index is 5.77. The summed E-state index contributed by atoms with van der Waals surface area (Å²) in [4.78, 5) is 4.80. The zero-order valence-electron chi connectivity index (χ0n) is 15.1. The van der Waals surface area contributed by atoms with E-state index in [2.05, 4.69) is 36.0 Å². The zero-order valence-corrected chi connectivity index (χ0v) is 15.1. The van der Waals surface area contributed by atoms with Crippen molar-refractivity contribution in [1.82, 2.24) is 4.90 Å². The van der Waals surface area contributed by atoms with E-state index in [0.717, 1.165) is 11.6 Å². The van der Waals surface area contributed by atoms with Crippen LogP contribution in [0.15, 0.2) is 24.3 Å². The van der Waals surface area contributed by atoms with Crippen molar-refractivity contribution in [2.45, 2.75) is 51.4 Å². The van der Waals surface area contributed by atoms with Gasteiger partial charge in [0, 0.05) is 24.5 Å². The van der Waals surface area contributed by atoms with E-state index in [4.69, 9.17) is 5.73 Å². The lowest BCUT2D eigenvalue weighted by atomic mass is 9.99. The molecule has 0 saturated carbocycles. The van der Waals surface area contributed by atoms with Gasteiger partial charge < -0.3 is 15.5 Å². The minimum atomic E-state index is 0.857. The molecule has 3 nitrogen and oxygen atoms in total. The van der Waals surface area contributed by atoms with E-state index in [-0.39, 0.29) is 0 Å². The molecule has 1 aliphatic heterocycles. The monoisotopic (exact) mass is 317 g/mol. The van der Waals surface area contributed by atoms with Crippen LogP contribution in [-0.4, -0.2) is 38.6 Å². The van der Waals surface area contributed by atoms with Crippen molar-refractivity contribution in [1.29, 1.82) is 0 Å². The number of hydrogen-bond donors (Lipinski definition) is 1. The van der Waals surface area contributed by atoms with Crippen LogP contribution in [0.1, 0.15) is 51.4 Å². The van der Waals surface area contributed by atoms with Crippen LogP contribution in [0, 0.1) is 5.92 Å². The number of nitrogen functional groups attached to an aromatic ring is 1. The normalized spacial score (nSPS) is 18.0. The Morgan fingerprint density at radius 1 is 1.00 bits per heavy atom. The highest BCUT2D eigenvalue weighted by molar-refractivity contribution is 5.53. The Balaban J connectivity index is 1.52. The number of nitrogens with zero attached hydrogens (tertiary/aromatic N) is 2. The summed E-state index contributed by atoms with van der Waals surface area (Å²) in [7, 11) is 4.32. The maximum atomic E-state index is 5.77. The van der Waals surface area contributed by atoms with Crippen molar-refractivity contribution < 1.29 is 0 Å². The largest absolute Gasteiger partial charge is 0.399 e. The molecule has 1 fully saturated rings. The van der Waals surface area contributed by atoms with Crippen molar-refractivity contribution in [2.75, 3.05) is 44.4 Å². The Morgan fingerprint density at radius 3 is 2.35 bits per heavy atom. The first-order chi connectivity index (χ1) is 11.1. The van der Waals surface area contributed by atoms with Gasteiger partial charge in [-0.2, -0.15) is 0 Å². The van der Waals surface area contributed by atoms with Crippen LogP contribution in [0.4, 0.5) is 11.4 Å². The van der Waals surface area contributed by atoms with Gasteiger partial charge in [0.15, 0.2) is 0 Å². The van der Waals surface area contributed by atoms with E-state index in [1.807, 2.05) is 12.1 Å². The first kappa shape index (κ1) is 18.1. The van der Waals surface area contributed by atoms with Crippen molar-refractivity contribution in [3.63, 3.8) is 0 Å². The number of hydrogen-bond acceptors (Lipinski definition) is 3. The molecule has 0 amide bonds. The molecule has 130 valence electrons. The molecule has 0 aromatic heterocycles. The second-order valence-electron chi connectivity index (χ2n) is 7.41. The van der Waals surface area contributed by atoms with Gasteiger partial charge in [-0.15, -0.1) is 0 Å². The van der Waals surface area contributed by atoms with Crippen LogP contribution in [-0.2, 0) is 0 Å². The highest BCUT2D eigenvalue weighted by Gasteiger charge is 2.21. The zero-order chi connectivity index (χ0) is 16.5. The molecule has 0 aliphatic carbocycles. The Morgan fingerprint density at radius 2 is 1.65 bits per heavy atom. The predicted octanol–water partition coefficient (Wildman–Crippen LogP) is 4.39. The van der Waals surface area contributed by atoms with E-state index < -0.39 is 0 Å². The highest BCUT2D eigenvalue weighted by Crippen LogP contribution is 2.27. The van der Waals surface area contributed by atoms with Crippen LogP contribution in [0.3, 0.4) is 0 Å². The third-order valence-electron chi connectivity index (χ3n) is 5.01. The van der Waals surface area contributed by atoms with Crippen molar-refractivity contribution in [2.24, 2.45) is 5.92 Å². The first-order valence-corrected chi connectivity index (χ1v) is 9.40. The maximum Gasteiger partial charge on any atom is 0.0367 e. The van der Waals surface area contributed by atoms with Gasteiger partial charge in [-0.3, -0.25) is 0 Å². The van der Waals surface area contributed by atoms with Crippen LogP contribution in [0.5, 0.6) is 0 Å². The van der Waals surface area contributed by atoms with Crippen molar-refractivity contribution >= 4 is 11.4 Å². The number of benzene rings is 1. The van der Waals surface area contributed by atoms with Gasteiger partial charge in [-0.05, 0) is 70.1 Å². The van der Waals surface area contributed by atoms with Crippen LogP contribution >= 0.6 is 0 Å². The fraction of sp³-hybridized carbons (Fsp3) is 0.700. The standard InChI is InChI=1S/C20H35N3/c1-22(2)15-8-6-4-3-5-7-9-18-14-16-23(17-18)20-12-10-19(21)11-13-20/h10-13,18H,3-9,14-17,21H2,1-2H3. The van der Waals surface area contributed by atoms with E-state index in [9.17, 15) is 0 Å². The predicted molar refractivity (Wildman–Crippen MR) is 102 cm³/mol. The third kappa shape index (κ3) is 6.82. The molecular formula is C20H35N3. The summed E-state index contributed by atoms with van der Waals surface area (Å²) in [6.07, 6.45) is 11.2. The lowest BCUT2D eigenvalue weighted by molar-refractivity contribution is 0.388. The molecule has 0 bridgehead atoms. The molecule has 2 rings (SSSR count). The molecule has 1 atom stereocenters. The summed E-state index contributed by atoms with van der Waals surface area (Å²) in [5.41, 5.74) is 7.96. The second-order valence-corrected chi connectivity index (χ2v) is 7.41. The molecule has 23 heavy (non-hydrogen) atoms. The summed E-state index contributed by atoms with van der Waals surface area (Å²) < 4.78 is 0. The molecule has 1 heterocycles. The molecular weight excluding hydrogens is 282 g/mol.